The van der Waals surface area contributed by atoms with Gasteiger partial charge in [0.05, 0.1) is 0 Å². The number of hydrogen-bond acceptors (Lipinski definition) is 2. The lowest BCUT2D eigenvalue weighted by Gasteiger charge is -2.10. The summed E-state index contributed by atoms with van der Waals surface area (Å²) >= 11 is 1.84. The molecule has 1 atom stereocenters. The first-order valence-corrected chi connectivity index (χ1v) is 5.51. The van der Waals surface area contributed by atoms with Gasteiger partial charge in [0.1, 0.15) is 0 Å². The van der Waals surface area contributed by atoms with Crippen LogP contribution in [0.3, 0.4) is 0 Å². The summed E-state index contributed by atoms with van der Waals surface area (Å²) in [7, 11) is 0. The first-order valence-electron chi connectivity index (χ1n) is 4.63. The summed E-state index contributed by atoms with van der Waals surface area (Å²) in [6.45, 7) is 3.45. The number of rotatable bonds is 4. The van der Waals surface area contributed by atoms with Crippen LogP contribution in [-0.4, -0.2) is 6.54 Å². The van der Waals surface area contributed by atoms with Gasteiger partial charge in [0, 0.05) is 10.9 Å². The predicted octanol–water partition coefficient (Wildman–Crippen LogP) is 2.81. The standard InChI is InChI=1S/C10H15NS/c1-8(10-3-2-6-12-10)11-7-9-4-5-9/h2-3,6,8-9,11H,4-5,7H2,1H3/t8-/m0/s1. The van der Waals surface area contributed by atoms with E-state index in [0.717, 1.165) is 5.92 Å². The van der Waals surface area contributed by atoms with Crippen molar-refractivity contribution in [2.45, 2.75) is 25.8 Å². The van der Waals surface area contributed by atoms with E-state index in [9.17, 15) is 0 Å². The molecule has 0 aromatic carbocycles. The smallest absolute Gasteiger partial charge is 0.0386 e. The minimum absolute atomic E-state index is 0.547. The third kappa shape index (κ3) is 2.08. The van der Waals surface area contributed by atoms with Crippen LogP contribution in [0.2, 0.25) is 0 Å². The molecule has 0 spiro atoms. The molecule has 1 aromatic rings. The van der Waals surface area contributed by atoms with E-state index in [1.54, 1.807) is 0 Å². The van der Waals surface area contributed by atoms with Gasteiger partial charge in [-0.2, -0.15) is 0 Å². The summed E-state index contributed by atoms with van der Waals surface area (Å²) in [6, 6.07) is 4.87. The molecule has 0 radical (unpaired) electrons. The van der Waals surface area contributed by atoms with Crippen molar-refractivity contribution in [3.05, 3.63) is 22.4 Å². The Morgan fingerprint density at radius 2 is 2.50 bits per heavy atom. The Balaban J connectivity index is 1.79. The second-order valence-electron chi connectivity index (χ2n) is 3.59. The van der Waals surface area contributed by atoms with Crippen molar-refractivity contribution in [1.29, 1.82) is 0 Å². The SMILES string of the molecule is C[C@H](NCC1CC1)c1cccs1. The van der Waals surface area contributed by atoms with Crippen LogP contribution >= 0.6 is 11.3 Å². The van der Waals surface area contributed by atoms with E-state index in [-0.39, 0.29) is 0 Å². The van der Waals surface area contributed by atoms with E-state index in [1.165, 1.54) is 24.3 Å². The van der Waals surface area contributed by atoms with Gasteiger partial charge in [0.2, 0.25) is 0 Å². The second-order valence-corrected chi connectivity index (χ2v) is 4.57. The Morgan fingerprint density at radius 1 is 1.67 bits per heavy atom. The van der Waals surface area contributed by atoms with Crippen LogP contribution < -0.4 is 5.32 Å². The fourth-order valence-corrected chi connectivity index (χ4v) is 2.06. The molecule has 1 aliphatic carbocycles. The van der Waals surface area contributed by atoms with Gasteiger partial charge >= 0.3 is 0 Å². The van der Waals surface area contributed by atoms with E-state index < -0.39 is 0 Å². The Hall–Kier alpha value is -0.340. The maximum absolute atomic E-state index is 3.56. The lowest BCUT2D eigenvalue weighted by molar-refractivity contribution is 0.555. The molecule has 0 aliphatic heterocycles. The number of thiophene rings is 1. The summed E-state index contributed by atoms with van der Waals surface area (Å²) in [4.78, 5) is 1.45. The van der Waals surface area contributed by atoms with E-state index >= 15 is 0 Å². The number of hydrogen-bond donors (Lipinski definition) is 1. The zero-order chi connectivity index (χ0) is 8.39. The molecule has 0 bridgehead atoms. The lowest BCUT2D eigenvalue weighted by atomic mass is 10.2. The Bertz CT molecular complexity index is 226. The summed E-state index contributed by atoms with van der Waals surface area (Å²) in [5, 5.41) is 5.70. The van der Waals surface area contributed by atoms with Crippen molar-refractivity contribution in [3.63, 3.8) is 0 Å². The molecule has 0 saturated heterocycles. The van der Waals surface area contributed by atoms with Gasteiger partial charge < -0.3 is 5.32 Å². The number of nitrogens with one attached hydrogen (secondary N) is 1. The maximum Gasteiger partial charge on any atom is 0.0386 e. The molecule has 66 valence electrons. The van der Waals surface area contributed by atoms with Crippen LogP contribution in [0.15, 0.2) is 17.5 Å². The molecule has 1 aliphatic rings. The summed E-state index contributed by atoms with van der Waals surface area (Å²) < 4.78 is 0. The van der Waals surface area contributed by atoms with Crippen LogP contribution in [-0.2, 0) is 0 Å². The fourth-order valence-electron chi connectivity index (χ4n) is 1.30. The molecule has 2 rings (SSSR count). The first-order chi connectivity index (χ1) is 5.86. The highest BCUT2D eigenvalue weighted by Gasteiger charge is 2.21. The molecule has 1 N–H and O–H groups in total. The molecule has 2 heteroatoms. The van der Waals surface area contributed by atoms with Crippen LogP contribution in [0.25, 0.3) is 0 Å². The van der Waals surface area contributed by atoms with Gasteiger partial charge in [0.15, 0.2) is 0 Å². The monoisotopic (exact) mass is 181 g/mol. The molecule has 1 nitrogen and oxygen atoms in total. The predicted molar refractivity (Wildman–Crippen MR) is 53.5 cm³/mol. The Kier molecular flexibility index (Phi) is 2.47. The van der Waals surface area contributed by atoms with E-state index in [4.69, 9.17) is 0 Å². The van der Waals surface area contributed by atoms with Crippen molar-refractivity contribution < 1.29 is 0 Å². The Morgan fingerprint density at radius 3 is 3.08 bits per heavy atom. The van der Waals surface area contributed by atoms with Crippen LogP contribution in [0.4, 0.5) is 0 Å². The van der Waals surface area contributed by atoms with Crippen molar-refractivity contribution in [2.75, 3.05) is 6.54 Å². The zero-order valence-electron chi connectivity index (χ0n) is 7.42. The van der Waals surface area contributed by atoms with Gasteiger partial charge in [-0.1, -0.05) is 6.07 Å². The highest BCUT2D eigenvalue weighted by Crippen LogP contribution is 2.29. The minimum Gasteiger partial charge on any atom is -0.309 e. The molecule has 1 fully saturated rings. The molecule has 0 amide bonds. The van der Waals surface area contributed by atoms with Gasteiger partial charge in [-0.25, -0.2) is 0 Å². The van der Waals surface area contributed by atoms with Gasteiger partial charge in [-0.05, 0) is 43.7 Å². The van der Waals surface area contributed by atoms with E-state index in [0.29, 0.717) is 6.04 Å². The van der Waals surface area contributed by atoms with Gasteiger partial charge in [-0.15, -0.1) is 11.3 Å². The average Bonchev–Trinajstić information content (AvgIpc) is 2.74. The third-order valence-corrected chi connectivity index (χ3v) is 3.43. The zero-order valence-corrected chi connectivity index (χ0v) is 8.23. The molecule has 1 aromatic heterocycles. The third-order valence-electron chi connectivity index (χ3n) is 2.38. The Labute approximate surface area is 77.8 Å². The van der Waals surface area contributed by atoms with Crippen molar-refractivity contribution >= 4 is 11.3 Å². The topological polar surface area (TPSA) is 12.0 Å². The molecule has 1 heterocycles. The van der Waals surface area contributed by atoms with E-state index in [1.807, 2.05) is 11.3 Å². The summed E-state index contributed by atoms with van der Waals surface area (Å²) in [6.07, 6.45) is 2.87. The molecule has 0 unspecified atom stereocenters. The first kappa shape index (κ1) is 8.27. The summed E-state index contributed by atoms with van der Waals surface area (Å²) in [5.74, 6) is 0.979. The molecule has 1 saturated carbocycles. The largest absolute Gasteiger partial charge is 0.309 e. The molecular weight excluding hydrogens is 166 g/mol. The average molecular weight is 181 g/mol. The van der Waals surface area contributed by atoms with Crippen molar-refractivity contribution in [2.24, 2.45) is 5.92 Å². The van der Waals surface area contributed by atoms with Crippen LogP contribution in [0, 0.1) is 5.92 Å². The molecular formula is C10H15NS. The molecule has 12 heavy (non-hydrogen) atoms. The fraction of sp³-hybridized carbons (Fsp3) is 0.600. The highest BCUT2D eigenvalue weighted by atomic mass is 32.1. The van der Waals surface area contributed by atoms with Crippen molar-refractivity contribution in [3.8, 4) is 0 Å². The highest BCUT2D eigenvalue weighted by molar-refractivity contribution is 7.10. The summed E-state index contributed by atoms with van der Waals surface area (Å²) in [5.41, 5.74) is 0. The normalized spacial score (nSPS) is 19.4. The second kappa shape index (κ2) is 3.58. The minimum atomic E-state index is 0.547. The lowest BCUT2D eigenvalue weighted by Crippen LogP contribution is -2.20. The van der Waals surface area contributed by atoms with Gasteiger partial charge in [-0.3, -0.25) is 0 Å². The van der Waals surface area contributed by atoms with Gasteiger partial charge in [0.25, 0.3) is 0 Å². The van der Waals surface area contributed by atoms with Crippen molar-refractivity contribution in [1.82, 2.24) is 5.32 Å². The van der Waals surface area contributed by atoms with Crippen LogP contribution in [0.5, 0.6) is 0 Å². The van der Waals surface area contributed by atoms with Crippen LogP contribution in [0.1, 0.15) is 30.7 Å². The quantitative estimate of drug-likeness (QED) is 0.753. The van der Waals surface area contributed by atoms with E-state index in [2.05, 4.69) is 29.8 Å². The maximum atomic E-state index is 3.56.